The molecule has 0 atom stereocenters. The number of benzene rings is 2. The lowest BCUT2D eigenvalue weighted by Crippen LogP contribution is -2.48. The Morgan fingerprint density at radius 3 is 2.53 bits per heavy atom. The highest BCUT2D eigenvalue weighted by Crippen LogP contribution is 2.29. The summed E-state index contributed by atoms with van der Waals surface area (Å²) in [5, 5.41) is 15.3. The van der Waals surface area contributed by atoms with E-state index in [2.05, 4.69) is 58.1 Å². The average molecular weight is 436 g/mol. The Hall–Kier alpha value is -3.23. The molecule has 1 saturated heterocycles. The van der Waals surface area contributed by atoms with Crippen LogP contribution in [0.2, 0.25) is 0 Å². The molecule has 4 rings (SSSR count). The summed E-state index contributed by atoms with van der Waals surface area (Å²) in [6, 6.07) is 17.1. The highest BCUT2D eigenvalue weighted by atomic mass is 16.6. The number of anilines is 1. The third kappa shape index (κ3) is 5.33. The SMILES string of the molecule is Cc1ccc(N2CCN(CCN(C)Cc3cc(-c4ccccc4[N+](=O)[O-])no3)CC2)cc1. The van der Waals surface area contributed by atoms with Crippen LogP contribution in [0.15, 0.2) is 59.1 Å². The van der Waals surface area contributed by atoms with Gasteiger partial charge in [-0.3, -0.25) is 19.9 Å². The van der Waals surface area contributed by atoms with Crippen LogP contribution in [0.1, 0.15) is 11.3 Å². The molecule has 8 heteroatoms. The van der Waals surface area contributed by atoms with Crippen LogP contribution in [-0.4, -0.2) is 66.2 Å². The zero-order valence-corrected chi connectivity index (χ0v) is 18.6. The minimum atomic E-state index is -0.394. The van der Waals surface area contributed by atoms with Crippen molar-refractivity contribution in [3.8, 4) is 11.3 Å². The molecule has 0 N–H and O–H groups in total. The molecule has 0 amide bonds. The fourth-order valence-corrected chi connectivity index (χ4v) is 4.01. The van der Waals surface area contributed by atoms with Gasteiger partial charge in [0.05, 0.1) is 17.0 Å². The smallest absolute Gasteiger partial charge is 0.278 e. The van der Waals surface area contributed by atoms with Crippen LogP contribution in [0.5, 0.6) is 0 Å². The minimum Gasteiger partial charge on any atom is -0.369 e. The molecule has 0 unspecified atom stereocenters. The van der Waals surface area contributed by atoms with Gasteiger partial charge in [0, 0.05) is 57.1 Å². The molecule has 0 bridgehead atoms. The van der Waals surface area contributed by atoms with Gasteiger partial charge >= 0.3 is 0 Å². The van der Waals surface area contributed by atoms with Crippen LogP contribution in [0.4, 0.5) is 11.4 Å². The second-order valence-electron chi connectivity index (χ2n) is 8.35. The number of nitrogens with zero attached hydrogens (tertiary/aromatic N) is 5. The lowest BCUT2D eigenvalue weighted by molar-refractivity contribution is -0.384. The molecule has 168 valence electrons. The van der Waals surface area contributed by atoms with Crippen molar-refractivity contribution in [1.29, 1.82) is 0 Å². The number of aryl methyl sites for hydroxylation is 1. The molecule has 1 aromatic heterocycles. The van der Waals surface area contributed by atoms with E-state index in [1.807, 2.05) is 0 Å². The maximum Gasteiger partial charge on any atom is 0.278 e. The molecule has 32 heavy (non-hydrogen) atoms. The third-order valence-electron chi connectivity index (χ3n) is 5.93. The Morgan fingerprint density at radius 1 is 1.09 bits per heavy atom. The van der Waals surface area contributed by atoms with Gasteiger partial charge in [-0.1, -0.05) is 35.0 Å². The quantitative estimate of drug-likeness (QED) is 0.393. The van der Waals surface area contributed by atoms with Crippen molar-refractivity contribution >= 4 is 11.4 Å². The topological polar surface area (TPSA) is 78.9 Å². The van der Waals surface area contributed by atoms with Gasteiger partial charge < -0.3 is 9.42 Å². The van der Waals surface area contributed by atoms with Gasteiger partial charge in [-0.25, -0.2) is 0 Å². The second kappa shape index (κ2) is 9.93. The van der Waals surface area contributed by atoms with E-state index in [0.717, 1.165) is 39.3 Å². The Morgan fingerprint density at radius 2 is 1.81 bits per heavy atom. The monoisotopic (exact) mass is 435 g/mol. The number of nitro benzene ring substituents is 1. The van der Waals surface area contributed by atoms with Crippen LogP contribution in [0.3, 0.4) is 0 Å². The van der Waals surface area contributed by atoms with Crippen molar-refractivity contribution in [3.05, 3.63) is 76.0 Å². The summed E-state index contributed by atoms with van der Waals surface area (Å²) >= 11 is 0. The van der Waals surface area contributed by atoms with Crippen molar-refractivity contribution < 1.29 is 9.45 Å². The van der Waals surface area contributed by atoms with Gasteiger partial charge in [-0.2, -0.15) is 0 Å². The minimum absolute atomic E-state index is 0.0329. The van der Waals surface area contributed by atoms with Crippen molar-refractivity contribution in [2.75, 3.05) is 51.2 Å². The van der Waals surface area contributed by atoms with E-state index < -0.39 is 4.92 Å². The highest BCUT2D eigenvalue weighted by Gasteiger charge is 2.19. The molecular weight excluding hydrogens is 406 g/mol. The first kappa shape index (κ1) is 22.0. The first-order chi connectivity index (χ1) is 15.5. The van der Waals surface area contributed by atoms with E-state index in [1.165, 1.54) is 17.3 Å². The summed E-state index contributed by atoms with van der Waals surface area (Å²) in [7, 11) is 2.05. The van der Waals surface area contributed by atoms with Crippen LogP contribution in [-0.2, 0) is 6.54 Å². The van der Waals surface area contributed by atoms with Gasteiger partial charge in [-0.15, -0.1) is 0 Å². The van der Waals surface area contributed by atoms with Crippen molar-refractivity contribution in [1.82, 2.24) is 15.0 Å². The van der Waals surface area contributed by atoms with E-state index in [4.69, 9.17) is 4.52 Å². The molecule has 0 radical (unpaired) electrons. The standard InChI is InChI=1S/C24H29N5O3/c1-19-7-9-20(10-8-19)28-15-13-27(14-16-28)12-11-26(2)18-21-17-23(25-32-21)22-5-3-4-6-24(22)29(30)31/h3-10,17H,11-16,18H2,1-2H3. The predicted octanol–water partition coefficient (Wildman–Crippen LogP) is 3.81. The van der Waals surface area contributed by atoms with E-state index in [-0.39, 0.29) is 5.69 Å². The highest BCUT2D eigenvalue weighted by molar-refractivity contribution is 5.70. The number of para-hydroxylation sites is 1. The Kier molecular flexibility index (Phi) is 6.82. The van der Waals surface area contributed by atoms with Crippen LogP contribution in [0.25, 0.3) is 11.3 Å². The van der Waals surface area contributed by atoms with Gasteiger partial charge in [0.2, 0.25) is 0 Å². The maximum absolute atomic E-state index is 11.3. The number of rotatable bonds is 8. The predicted molar refractivity (Wildman–Crippen MR) is 125 cm³/mol. The fourth-order valence-electron chi connectivity index (χ4n) is 4.01. The molecule has 0 saturated carbocycles. The van der Waals surface area contributed by atoms with Crippen molar-refractivity contribution in [2.45, 2.75) is 13.5 Å². The van der Waals surface area contributed by atoms with Gasteiger partial charge in [0.1, 0.15) is 5.69 Å². The van der Waals surface area contributed by atoms with Crippen LogP contribution < -0.4 is 4.90 Å². The summed E-state index contributed by atoms with van der Waals surface area (Å²) in [4.78, 5) is 18.0. The molecule has 2 heterocycles. The van der Waals surface area contributed by atoms with E-state index in [1.54, 1.807) is 24.3 Å². The van der Waals surface area contributed by atoms with Crippen LogP contribution >= 0.6 is 0 Å². The zero-order chi connectivity index (χ0) is 22.5. The zero-order valence-electron chi connectivity index (χ0n) is 18.6. The summed E-state index contributed by atoms with van der Waals surface area (Å²) in [6.45, 7) is 8.79. The number of likely N-dealkylation sites (N-methyl/N-ethyl adjacent to an activating group) is 1. The second-order valence-corrected chi connectivity index (χ2v) is 8.35. The van der Waals surface area contributed by atoms with Crippen molar-refractivity contribution in [3.63, 3.8) is 0 Å². The molecule has 8 nitrogen and oxygen atoms in total. The molecule has 0 aliphatic carbocycles. The summed E-state index contributed by atoms with van der Waals surface area (Å²) in [6.07, 6.45) is 0. The molecule has 2 aromatic carbocycles. The normalized spacial score (nSPS) is 14.8. The van der Waals surface area contributed by atoms with E-state index in [0.29, 0.717) is 23.6 Å². The Labute approximate surface area is 188 Å². The lowest BCUT2D eigenvalue weighted by Gasteiger charge is -2.36. The molecular formula is C24H29N5O3. The molecule has 1 aliphatic rings. The van der Waals surface area contributed by atoms with E-state index >= 15 is 0 Å². The molecule has 1 fully saturated rings. The largest absolute Gasteiger partial charge is 0.369 e. The molecule has 1 aliphatic heterocycles. The number of hydrogen-bond donors (Lipinski definition) is 0. The number of nitro groups is 1. The summed E-state index contributed by atoms with van der Waals surface area (Å²) in [5.74, 6) is 0.699. The lowest BCUT2D eigenvalue weighted by atomic mass is 10.1. The first-order valence-corrected chi connectivity index (χ1v) is 10.9. The first-order valence-electron chi connectivity index (χ1n) is 10.9. The molecule has 3 aromatic rings. The van der Waals surface area contributed by atoms with Crippen LogP contribution in [0, 0.1) is 17.0 Å². The van der Waals surface area contributed by atoms with Gasteiger partial charge in [0.25, 0.3) is 5.69 Å². The average Bonchev–Trinajstić information content (AvgIpc) is 3.27. The van der Waals surface area contributed by atoms with Gasteiger partial charge in [-0.05, 0) is 32.2 Å². The van der Waals surface area contributed by atoms with E-state index in [9.17, 15) is 10.1 Å². The summed E-state index contributed by atoms with van der Waals surface area (Å²) < 4.78 is 5.45. The third-order valence-corrected chi connectivity index (χ3v) is 5.93. The van der Waals surface area contributed by atoms with Crippen molar-refractivity contribution in [2.24, 2.45) is 0 Å². The Balaban J connectivity index is 1.25. The summed E-state index contributed by atoms with van der Waals surface area (Å²) in [5.41, 5.74) is 3.59. The molecule has 0 spiro atoms. The van der Waals surface area contributed by atoms with Gasteiger partial charge in [0.15, 0.2) is 5.76 Å². The number of hydrogen-bond acceptors (Lipinski definition) is 7. The maximum atomic E-state index is 11.3. The number of aromatic nitrogens is 1. The fraction of sp³-hybridized carbons (Fsp3) is 0.375. The Bertz CT molecular complexity index is 1040. The number of piperazine rings is 1.